The zero-order valence-corrected chi connectivity index (χ0v) is 17.9. The molecule has 0 radical (unpaired) electrons. The largest absolute Gasteiger partial charge is 0.469 e. The van der Waals surface area contributed by atoms with Crippen molar-refractivity contribution in [2.24, 2.45) is 0 Å². The molecule has 0 aliphatic carbocycles. The number of halogens is 1. The summed E-state index contributed by atoms with van der Waals surface area (Å²) in [6.45, 7) is 6.79. The number of anilines is 1. The third-order valence-corrected chi connectivity index (χ3v) is 5.62. The third-order valence-electron chi connectivity index (χ3n) is 3.99. The molecule has 3 rings (SSSR count). The van der Waals surface area contributed by atoms with Crippen molar-refractivity contribution < 1.29 is 9.21 Å². The Balaban J connectivity index is 1.71. The number of benzene rings is 1. The van der Waals surface area contributed by atoms with E-state index in [1.54, 1.807) is 6.26 Å². The number of nitrogens with zero attached hydrogens (tertiary/aromatic N) is 3. The molecule has 2 aromatic heterocycles. The van der Waals surface area contributed by atoms with Crippen LogP contribution in [0.5, 0.6) is 0 Å². The molecule has 1 N–H and O–H groups in total. The fourth-order valence-electron chi connectivity index (χ4n) is 2.67. The maximum absolute atomic E-state index is 12.4. The first-order valence-corrected chi connectivity index (χ1v) is 10.4. The molecule has 0 bridgehead atoms. The van der Waals surface area contributed by atoms with Gasteiger partial charge in [-0.1, -0.05) is 24.8 Å². The van der Waals surface area contributed by atoms with Crippen LogP contribution in [0.15, 0.2) is 44.6 Å². The van der Waals surface area contributed by atoms with Crippen LogP contribution in [0.3, 0.4) is 0 Å². The van der Waals surface area contributed by atoms with Crippen molar-refractivity contribution in [3.05, 3.63) is 46.3 Å². The summed E-state index contributed by atoms with van der Waals surface area (Å²) >= 11 is 4.86. The lowest BCUT2D eigenvalue weighted by molar-refractivity contribution is -0.113. The molecule has 1 aromatic carbocycles. The van der Waals surface area contributed by atoms with Gasteiger partial charge in [-0.15, -0.1) is 10.2 Å². The van der Waals surface area contributed by atoms with Crippen LogP contribution in [-0.4, -0.2) is 26.4 Å². The first-order valence-electron chi connectivity index (χ1n) is 8.66. The van der Waals surface area contributed by atoms with Gasteiger partial charge in [0, 0.05) is 11.0 Å². The lowest BCUT2D eigenvalue weighted by atomic mass is 10.2. The van der Waals surface area contributed by atoms with Crippen LogP contribution in [0.25, 0.3) is 11.4 Å². The second-order valence-electron chi connectivity index (χ2n) is 6.17. The molecule has 8 heteroatoms. The number of rotatable bonds is 7. The lowest BCUT2D eigenvalue weighted by Gasteiger charge is -2.09. The average molecular weight is 449 g/mol. The van der Waals surface area contributed by atoms with Crippen LogP contribution in [0.2, 0.25) is 0 Å². The molecular weight excluding hydrogens is 428 g/mol. The standard InChI is InChI=1S/C19H21BrN4O2S/c1-4-8-24-18(14-7-9-26-13(14)3)22-23-19(24)27-11-17(25)21-16-6-5-12(2)10-15(16)20/h5-7,9-10H,4,8,11H2,1-3H3,(H,21,25). The zero-order chi connectivity index (χ0) is 19.4. The van der Waals surface area contributed by atoms with Gasteiger partial charge in [-0.2, -0.15) is 0 Å². The van der Waals surface area contributed by atoms with Crippen molar-refractivity contribution in [1.29, 1.82) is 0 Å². The molecule has 0 unspecified atom stereocenters. The Morgan fingerprint density at radius 2 is 2.11 bits per heavy atom. The highest BCUT2D eigenvalue weighted by atomic mass is 79.9. The molecule has 6 nitrogen and oxygen atoms in total. The van der Waals surface area contributed by atoms with E-state index < -0.39 is 0 Å². The van der Waals surface area contributed by atoms with Crippen molar-refractivity contribution in [2.45, 2.75) is 38.9 Å². The molecule has 27 heavy (non-hydrogen) atoms. The molecule has 0 spiro atoms. The highest BCUT2D eigenvalue weighted by Gasteiger charge is 2.18. The van der Waals surface area contributed by atoms with Gasteiger partial charge in [-0.25, -0.2) is 0 Å². The zero-order valence-electron chi connectivity index (χ0n) is 15.5. The molecule has 0 aliphatic rings. The molecule has 3 aromatic rings. The van der Waals surface area contributed by atoms with Gasteiger partial charge in [0.05, 0.1) is 23.3 Å². The second-order valence-corrected chi connectivity index (χ2v) is 7.97. The molecule has 0 saturated carbocycles. The third kappa shape index (κ3) is 4.62. The van der Waals surface area contributed by atoms with Crippen LogP contribution in [0, 0.1) is 13.8 Å². The summed E-state index contributed by atoms with van der Waals surface area (Å²) < 4.78 is 8.30. The van der Waals surface area contributed by atoms with Gasteiger partial charge in [0.1, 0.15) is 5.76 Å². The van der Waals surface area contributed by atoms with Gasteiger partial charge in [-0.05, 0) is 60.0 Å². The number of hydrogen-bond acceptors (Lipinski definition) is 5. The van der Waals surface area contributed by atoms with Gasteiger partial charge in [0.25, 0.3) is 0 Å². The van der Waals surface area contributed by atoms with Crippen LogP contribution in [-0.2, 0) is 11.3 Å². The molecule has 1 amide bonds. The Morgan fingerprint density at radius 1 is 1.30 bits per heavy atom. The Labute approximate surface area is 170 Å². The van der Waals surface area contributed by atoms with Gasteiger partial charge >= 0.3 is 0 Å². The van der Waals surface area contributed by atoms with Crippen molar-refractivity contribution in [3.8, 4) is 11.4 Å². The van der Waals surface area contributed by atoms with E-state index in [0.29, 0.717) is 0 Å². The molecule has 2 heterocycles. The summed E-state index contributed by atoms with van der Waals surface area (Å²) in [5, 5.41) is 12.3. The predicted octanol–water partition coefficient (Wildman–Crippen LogP) is 5.06. The molecule has 142 valence electrons. The fraction of sp³-hybridized carbons (Fsp3) is 0.316. The van der Waals surface area contributed by atoms with Gasteiger partial charge in [-0.3, -0.25) is 4.79 Å². The number of aromatic nitrogens is 3. The summed E-state index contributed by atoms with van der Waals surface area (Å²) in [7, 11) is 0. The quantitative estimate of drug-likeness (QED) is 0.511. The number of carbonyl (C=O) groups is 1. The van der Waals surface area contributed by atoms with E-state index >= 15 is 0 Å². The predicted molar refractivity (Wildman–Crippen MR) is 111 cm³/mol. The molecular formula is C19H21BrN4O2S. The minimum Gasteiger partial charge on any atom is -0.469 e. The van der Waals surface area contributed by atoms with Crippen LogP contribution >= 0.6 is 27.7 Å². The van der Waals surface area contributed by atoms with E-state index in [1.807, 2.05) is 42.7 Å². The van der Waals surface area contributed by atoms with E-state index in [4.69, 9.17) is 4.42 Å². The summed E-state index contributed by atoms with van der Waals surface area (Å²) in [4.78, 5) is 12.4. The van der Waals surface area contributed by atoms with E-state index in [0.717, 1.165) is 51.0 Å². The number of nitrogens with one attached hydrogen (secondary N) is 1. The van der Waals surface area contributed by atoms with Crippen molar-refractivity contribution in [2.75, 3.05) is 11.1 Å². The average Bonchev–Trinajstić information content (AvgIpc) is 3.22. The maximum Gasteiger partial charge on any atom is 0.234 e. The minimum atomic E-state index is -0.0864. The Hall–Kier alpha value is -2.06. The van der Waals surface area contributed by atoms with Gasteiger partial charge in [0.15, 0.2) is 11.0 Å². The molecule has 0 saturated heterocycles. The van der Waals surface area contributed by atoms with Crippen molar-refractivity contribution >= 4 is 39.3 Å². The first kappa shape index (κ1) is 19.7. The monoisotopic (exact) mass is 448 g/mol. The van der Waals surface area contributed by atoms with Crippen LogP contribution in [0.4, 0.5) is 5.69 Å². The number of furan rings is 1. The Bertz CT molecular complexity index is 951. The number of thioether (sulfide) groups is 1. The van der Waals surface area contributed by atoms with Crippen LogP contribution in [0.1, 0.15) is 24.7 Å². The van der Waals surface area contributed by atoms with Crippen molar-refractivity contribution in [3.63, 3.8) is 0 Å². The Morgan fingerprint density at radius 3 is 2.78 bits per heavy atom. The minimum absolute atomic E-state index is 0.0864. The van der Waals surface area contributed by atoms with E-state index in [-0.39, 0.29) is 11.7 Å². The number of aryl methyl sites for hydroxylation is 2. The smallest absolute Gasteiger partial charge is 0.234 e. The van der Waals surface area contributed by atoms with Gasteiger partial charge < -0.3 is 14.3 Å². The fourth-order valence-corrected chi connectivity index (χ4v) is 4.03. The highest BCUT2D eigenvalue weighted by molar-refractivity contribution is 9.10. The molecule has 0 atom stereocenters. The molecule has 0 fully saturated rings. The summed E-state index contributed by atoms with van der Waals surface area (Å²) in [6.07, 6.45) is 2.59. The van der Waals surface area contributed by atoms with Crippen molar-refractivity contribution in [1.82, 2.24) is 14.8 Å². The second kappa shape index (κ2) is 8.75. The summed E-state index contributed by atoms with van der Waals surface area (Å²) in [5.41, 5.74) is 2.82. The maximum atomic E-state index is 12.4. The van der Waals surface area contributed by atoms with Gasteiger partial charge in [0.2, 0.25) is 5.91 Å². The van der Waals surface area contributed by atoms with E-state index in [1.165, 1.54) is 11.8 Å². The van der Waals surface area contributed by atoms with E-state index in [9.17, 15) is 4.79 Å². The SMILES string of the molecule is CCCn1c(SCC(=O)Nc2ccc(C)cc2Br)nnc1-c1ccoc1C. The molecule has 0 aliphatic heterocycles. The normalized spacial score (nSPS) is 11.0. The first-order chi connectivity index (χ1) is 13.0. The van der Waals surface area contributed by atoms with E-state index in [2.05, 4.69) is 38.4 Å². The number of carbonyl (C=O) groups excluding carboxylic acids is 1. The number of hydrogen-bond donors (Lipinski definition) is 1. The number of amides is 1. The summed E-state index contributed by atoms with van der Waals surface area (Å²) in [5.74, 6) is 1.74. The Kier molecular flexibility index (Phi) is 6.38. The lowest BCUT2D eigenvalue weighted by Crippen LogP contribution is -2.15. The highest BCUT2D eigenvalue weighted by Crippen LogP contribution is 2.28. The summed E-state index contributed by atoms with van der Waals surface area (Å²) in [6, 6.07) is 7.72. The topological polar surface area (TPSA) is 73.0 Å². The van der Waals surface area contributed by atoms with Crippen LogP contribution < -0.4 is 5.32 Å².